The van der Waals surface area contributed by atoms with Gasteiger partial charge in [0.25, 0.3) is 0 Å². The molecule has 24 heavy (non-hydrogen) atoms. The molecule has 0 atom stereocenters. The number of benzene rings is 2. The first-order valence-corrected chi connectivity index (χ1v) is 8.72. The highest BCUT2D eigenvalue weighted by Gasteiger charge is 2.23. The minimum Gasteiger partial charge on any atom is -0.422 e. The molecule has 0 saturated heterocycles. The molecule has 6 heteroatoms. The van der Waals surface area contributed by atoms with Crippen LogP contribution in [0, 0.1) is 6.92 Å². The summed E-state index contributed by atoms with van der Waals surface area (Å²) in [6.45, 7) is 1.88. The second-order valence-corrected chi connectivity index (χ2v) is 7.32. The summed E-state index contributed by atoms with van der Waals surface area (Å²) in [5.41, 5.74) is 1.07. The van der Waals surface area contributed by atoms with Gasteiger partial charge in [-0.25, -0.2) is 13.2 Å². The van der Waals surface area contributed by atoms with Gasteiger partial charge in [0.2, 0.25) is 9.84 Å². The van der Waals surface area contributed by atoms with Crippen LogP contribution in [0.1, 0.15) is 11.1 Å². The Labute approximate surface area is 139 Å². The molecule has 0 N–H and O–H groups in total. The van der Waals surface area contributed by atoms with Crippen LogP contribution in [0.3, 0.4) is 0 Å². The molecule has 0 radical (unpaired) electrons. The molecule has 0 aliphatic heterocycles. The minimum absolute atomic E-state index is 0.0270. The van der Waals surface area contributed by atoms with Crippen molar-refractivity contribution in [3.8, 4) is 0 Å². The van der Waals surface area contributed by atoms with Crippen LogP contribution in [0.4, 0.5) is 0 Å². The number of hydrogen-bond acceptors (Lipinski definition) is 5. The van der Waals surface area contributed by atoms with Gasteiger partial charge in [0, 0.05) is 18.6 Å². The van der Waals surface area contributed by atoms with Gasteiger partial charge in [-0.3, -0.25) is 4.99 Å². The lowest BCUT2D eigenvalue weighted by molar-refractivity contribution is 0.532. The van der Waals surface area contributed by atoms with E-state index in [1.54, 1.807) is 43.6 Å². The molecule has 1 heterocycles. The fraction of sp³-hybridized carbons (Fsp3) is 0.111. The van der Waals surface area contributed by atoms with Crippen LogP contribution in [0.25, 0.3) is 11.0 Å². The molecule has 0 amide bonds. The molecule has 1 aromatic heterocycles. The lowest BCUT2D eigenvalue weighted by Gasteiger charge is -2.06. The van der Waals surface area contributed by atoms with Crippen molar-refractivity contribution >= 4 is 27.0 Å². The van der Waals surface area contributed by atoms with E-state index >= 15 is 0 Å². The Hall–Kier alpha value is -2.73. The van der Waals surface area contributed by atoms with Gasteiger partial charge >= 0.3 is 5.63 Å². The van der Waals surface area contributed by atoms with Crippen molar-refractivity contribution in [1.82, 2.24) is 0 Å². The molecule has 0 aliphatic carbocycles. The highest BCUT2D eigenvalue weighted by atomic mass is 32.2. The van der Waals surface area contributed by atoms with Gasteiger partial charge in [0.15, 0.2) is 4.90 Å². The topological polar surface area (TPSA) is 76.7 Å². The van der Waals surface area contributed by atoms with Crippen LogP contribution in [0.15, 0.2) is 72.5 Å². The molecule has 122 valence electrons. The zero-order chi connectivity index (χ0) is 17.3. The van der Waals surface area contributed by atoms with E-state index in [9.17, 15) is 13.2 Å². The fourth-order valence-electron chi connectivity index (χ4n) is 2.45. The molecule has 0 aliphatic rings. The van der Waals surface area contributed by atoms with Crippen molar-refractivity contribution in [2.75, 3.05) is 7.05 Å². The number of hydrogen-bond donors (Lipinski definition) is 0. The molecular formula is C18H15NO4S. The average molecular weight is 341 g/mol. The molecule has 0 spiro atoms. The Balaban J connectivity index is 2.23. The fourth-order valence-corrected chi connectivity index (χ4v) is 3.80. The number of aryl methyl sites for hydroxylation is 1. The Kier molecular flexibility index (Phi) is 4.07. The first-order valence-electron chi connectivity index (χ1n) is 7.23. The molecule has 0 bridgehead atoms. The largest absolute Gasteiger partial charge is 0.422 e. The Morgan fingerprint density at radius 3 is 2.62 bits per heavy atom. The number of aliphatic imine (C=N–C) groups is 1. The molecule has 0 fully saturated rings. The summed E-state index contributed by atoms with van der Waals surface area (Å²) in [5, 5.41) is 0.569. The Morgan fingerprint density at radius 2 is 1.88 bits per heavy atom. The summed E-state index contributed by atoms with van der Waals surface area (Å²) in [5.74, 6) is 0. The number of nitrogens with zero attached hydrogens (tertiary/aromatic N) is 1. The number of fused-ring (bicyclic) bond motifs is 1. The van der Waals surface area contributed by atoms with Crippen LogP contribution in [0.5, 0.6) is 0 Å². The van der Waals surface area contributed by atoms with Gasteiger partial charge in [0.1, 0.15) is 5.58 Å². The summed E-state index contributed by atoms with van der Waals surface area (Å²) in [6, 6.07) is 12.9. The quantitative estimate of drug-likeness (QED) is 0.542. The number of rotatable bonds is 3. The maximum absolute atomic E-state index is 12.8. The number of sulfone groups is 1. The van der Waals surface area contributed by atoms with Crippen molar-refractivity contribution in [3.63, 3.8) is 0 Å². The van der Waals surface area contributed by atoms with Gasteiger partial charge in [-0.05, 0) is 42.8 Å². The van der Waals surface area contributed by atoms with Crippen molar-refractivity contribution in [2.24, 2.45) is 4.99 Å². The highest BCUT2D eigenvalue weighted by Crippen LogP contribution is 2.23. The summed E-state index contributed by atoms with van der Waals surface area (Å²) >= 11 is 0. The van der Waals surface area contributed by atoms with Gasteiger partial charge < -0.3 is 4.42 Å². The van der Waals surface area contributed by atoms with E-state index in [4.69, 9.17) is 4.42 Å². The van der Waals surface area contributed by atoms with E-state index in [1.165, 1.54) is 18.2 Å². The first kappa shape index (κ1) is 16.1. The third-order valence-corrected chi connectivity index (χ3v) is 5.33. The van der Waals surface area contributed by atoms with Crippen molar-refractivity contribution in [1.29, 1.82) is 0 Å². The summed E-state index contributed by atoms with van der Waals surface area (Å²) in [6.07, 6.45) is 1.55. The van der Waals surface area contributed by atoms with Crippen molar-refractivity contribution in [3.05, 3.63) is 70.1 Å². The monoisotopic (exact) mass is 341 g/mol. The van der Waals surface area contributed by atoms with E-state index < -0.39 is 15.5 Å². The van der Waals surface area contributed by atoms with E-state index in [2.05, 4.69) is 4.99 Å². The lowest BCUT2D eigenvalue weighted by atomic mass is 10.2. The maximum Gasteiger partial charge on any atom is 0.355 e. The predicted octanol–water partition coefficient (Wildman–Crippen LogP) is 2.98. The third kappa shape index (κ3) is 2.88. The normalized spacial score (nSPS) is 12.1. The van der Waals surface area contributed by atoms with Crippen LogP contribution in [-0.4, -0.2) is 21.7 Å². The smallest absolute Gasteiger partial charge is 0.355 e. The van der Waals surface area contributed by atoms with Gasteiger partial charge in [-0.1, -0.05) is 23.8 Å². The lowest BCUT2D eigenvalue weighted by Crippen LogP contribution is -2.14. The summed E-state index contributed by atoms with van der Waals surface area (Å²) in [7, 11) is -2.38. The molecule has 3 rings (SSSR count). The summed E-state index contributed by atoms with van der Waals surface area (Å²) in [4.78, 5) is 15.7. The second-order valence-electron chi connectivity index (χ2n) is 5.40. The van der Waals surface area contributed by atoms with E-state index in [0.717, 1.165) is 5.56 Å². The minimum atomic E-state index is -3.98. The van der Waals surface area contributed by atoms with Crippen LogP contribution >= 0.6 is 0 Å². The van der Waals surface area contributed by atoms with E-state index in [-0.39, 0.29) is 9.79 Å². The average Bonchev–Trinajstić information content (AvgIpc) is 2.55. The molecular weight excluding hydrogens is 326 g/mol. The van der Waals surface area contributed by atoms with Crippen LogP contribution in [0.2, 0.25) is 0 Å². The van der Waals surface area contributed by atoms with Gasteiger partial charge in [-0.15, -0.1) is 0 Å². The van der Waals surface area contributed by atoms with Gasteiger partial charge in [0.05, 0.1) is 4.90 Å². The second kappa shape index (κ2) is 6.05. The zero-order valence-electron chi connectivity index (χ0n) is 13.2. The van der Waals surface area contributed by atoms with Crippen LogP contribution in [-0.2, 0) is 9.84 Å². The van der Waals surface area contributed by atoms with E-state index in [0.29, 0.717) is 16.5 Å². The Bertz CT molecular complexity index is 1110. The molecule has 5 nitrogen and oxygen atoms in total. The van der Waals surface area contributed by atoms with Gasteiger partial charge in [-0.2, -0.15) is 0 Å². The van der Waals surface area contributed by atoms with E-state index in [1.807, 2.05) is 6.92 Å². The highest BCUT2D eigenvalue weighted by molar-refractivity contribution is 7.91. The third-order valence-electron chi connectivity index (χ3n) is 3.59. The maximum atomic E-state index is 12.8. The molecule has 3 aromatic rings. The standard InChI is InChI=1S/C18H15NO4S/c1-12-6-7-16-14(8-12)10-17(18(20)23-16)24(21,22)15-5-3-4-13(9-15)11-19-2/h3-11H,1-2H3/b19-11-. The predicted molar refractivity (Wildman–Crippen MR) is 92.6 cm³/mol. The SMILES string of the molecule is C/N=C\c1cccc(S(=O)(=O)c2cc3cc(C)ccc3oc2=O)c1. The van der Waals surface area contributed by atoms with Crippen molar-refractivity contribution < 1.29 is 12.8 Å². The Morgan fingerprint density at radius 1 is 1.08 bits per heavy atom. The first-order chi connectivity index (χ1) is 11.4. The summed E-state index contributed by atoms with van der Waals surface area (Å²) < 4.78 is 30.8. The van der Waals surface area contributed by atoms with Crippen molar-refractivity contribution in [2.45, 2.75) is 16.7 Å². The zero-order valence-corrected chi connectivity index (χ0v) is 14.0. The van der Waals surface area contributed by atoms with Crippen LogP contribution < -0.4 is 5.63 Å². The molecule has 2 aromatic carbocycles. The molecule has 0 saturated carbocycles. The molecule has 0 unspecified atom stereocenters.